The van der Waals surface area contributed by atoms with E-state index in [2.05, 4.69) is 10.4 Å². The van der Waals surface area contributed by atoms with Crippen molar-refractivity contribution in [2.45, 2.75) is 6.10 Å². The Morgan fingerprint density at radius 3 is 2.86 bits per heavy atom. The van der Waals surface area contributed by atoms with Crippen LogP contribution in [0.15, 0.2) is 41.2 Å². The fourth-order valence-corrected chi connectivity index (χ4v) is 2.08. The predicted molar refractivity (Wildman–Crippen MR) is 78.2 cm³/mol. The van der Waals surface area contributed by atoms with E-state index in [-0.39, 0.29) is 29.8 Å². The molecule has 1 aliphatic rings. The summed E-state index contributed by atoms with van der Waals surface area (Å²) in [6.07, 6.45) is -0.272. The van der Waals surface area contributed by atoms with Crippen LogP contribution in [-0.2, 0) is 7.05 Å². The minimum absolute atomic E-state index is 0.180. The zero-order valence-electron chi connectivity index (χ0n) is 12.0. The lowest BCUT2D eigenvalue weighted by atomic mass is 10.2. The molecule has 3 rings (SSSR count). The van der Waals surface area contributed by atoms with Gasteiger partial charge in [0.2, 0.25) is 0 Å². The fourth-order valence-electron chi connectivity index (χ4n) is 2.08. The van der Waals surface area contributed by atoms with Crippen LogP contribution >= 0.6 is 0 Å². The molecule has 1 aromatic carbocycles. The van der Waals surface area contributed by atoms with Gasteiger partial charge in [-0.3, -0.25) is 9.59 Å². The Labute approximate surface area is 126 Å². The van der Waals surface area contributed by atoms with Crippen LogP contribution in [-0.4, -0.2) is 34.9 Å². The van der Waals surface area contributed by atoms with Gasteiger partial charge in [0.25, 0.3) is 11.5 Å². The predicted octanol–water partition coefficient (Wildman–Crippen LogP) is 0.350. The topological polar surface area (TPSA) is 82.5 Å². The van der Waals surface area contributed by atoms with Crippen molar-refractivity contribution in [3.05, 3.63) is 52.4 Å². The zero-order valence-corrected chi connectivity index (χ0v) is 12.0. The molecule has 1 N–H and O–H groups in total. The maximum absolute atomic E-state index is 12.0. The Hall–Kier alpha value is -2.83. The molecule has 0 saturated carbocycles. The molecule has 0 unspecified atom stereocenters. The van der Waals surface area contributed by atoms with Crippen molar-refractivity contribution >= 4 is 5.91 Å². The smallest absolute Gasteiger partial charge is 0.271 e. The minimum Gasteiger partial charge on any atom is -0.486 e. The lowest BCUT2D eigenvalue weighted by molar-refractivity contribution is 0.0785. The number of nitrogens with one attached hydrogen (secondary N) is 1. The van der Waals surface area contributed by atoms with E-state index < -0.39 is 0 Å². The largest absolute Gasteiger partial charge is 0.486 e. The molecule has 1 amide bonds. The number of carbonyl (C=O) groups excluding carboxylic acids is 1. The Balaban J connectivity index is 1.60. The number of amides is 1. The highest BCUT2D eigenvalue weighted by molar-refractivity contribution is 5.92. The highest BCUT2D eigenvalue weighted by Gasteiger charge is 2.21. The number of nitrogens with zero attached hydrogens (tertiary/aromatic N) is 2. The maximum atomic E-state index is 12.0. The van der Waals surface area contributed by atoms with Gasteiger partial charge >= 0.3 is 0 Å². The van der Waals surface area contributed by atoms with Crippen LogP contribution in [0.1, 0.15) is 10.5 Å². The van der Waals surface area contributed by atoms with Crippen molar-refractivity contribution in [1.29, 1.82) is 0 Å². The summed E-state index contributed by atoms with van der Waals surface area (Å²) in [6, 6.07) is 10.1. The van der Waals surface area contributed by atoms with E-state index in [0.29, 0.717) is 18.1 Å². The van der Waals surface area contributed by atoms with E-state index in [1.807, 2.05) is 24.3 Å². The third-order valence-electron chi connectivity index (χ3n) is 3.25. The highest BCUT2D eigenvalue weighted by atomic mass is 16.6. The van der Waals surface area contributed by atoms with Crippen molar-refractivity contribution in [2.24, 2.45) is 7.05 Å². The summed E-state index contributed by atoms with van der Waals surface area (Å²) in [4.78, 5) is 23.3. The van der Waals surface area contributed by atoms with Crippen LogP contribution in [0.4, 0.5) is 0 Å². The first-order valence-electron chi connectivity index (χ1n) is 6.84. The van der Waals surface area contributed by atoms with Crippen LogP contribution in [0.3, 0.4) is 0 Å². The molecule has 22 heavy (non-hydrogen) atoms. The molecule has 1 aliphatic heterocycles. The molecule has 7 nitrogen and oxygen atoms in total. The molecule has 1 aromatic heterocycles. The molecule has 0 saturated heterocycles. The summed E-state index contributed by atoms with van der Waals surface area (Å²) in [5, 5.41) is 6.62. The number of para-hydroxylation sites is 2. The number of benzene rings is 1. The van der Waals surface area contributed by atoms with Crippen LogP contribution in [0, 0.1) is 0 Å². The molecule has 0 radical (unpaired) electrons. The quantitative estimate of drug-likeness (QED) is 0.884. The van der Waals surface area contributed by atoms with E-state index in [4.69, 9.17) is 9.47 Å². The number of fused-ring (bicyclic) bond motifs is 1. The molecular formula is C15H15N3O4. The second-order valence-corrected chi connectivity index (χ2v) is 4.89. The molecule has 0 aliphatic carbocycles. The third kappa shape index (κ3) is 2.93. The van der Waals surface area contributed by atoms with Crippen molar-refractivity contribution in [1.82, 2.24) is 15.1 Å². The molecule has 2 aromatic rings. The summed E-state index contributed by atoms with van der Waals surface area (Å²) in [5.41, 5.74) is -0.0867. The van der Waals surface area contributed by atoms with Gasteiger partial charge in [-0.05, 0) is 18.2 Å². The normalized spacial score (nSPS) is 16.1. The number of aromatic nitrogens is 2. The van der Waals surface area contributed by atoms with Gasteiger partial charge in [0.05, 0.1) is 6.54 Å². The van der Waals surface area contributed by atoms with E-state index in [9.17, 15) is 9.59 Å². The number of rotatable bonds is 3. The molecule has 0 bridgehead atoms. The number of ether oxygens (including phenoxy) is 2. The molecule has 114 valence electrons. The van der Waals surface area contributed by atoms with Crippen LogP contribution in [0.2, 0.25) is 0 Å². The van der Waals surface area contributed by atoms with Gasteiger partial charge in [0, 0.05) is 13.1 Å². The molecule has 7 heteroatoms. The number of aryl methyl sites for hydroxylation is 1. The van der Waals surface area contributed by atoms with Gasteiger partial charge in [0.15, 0.2) is 11.5 Å². The van der Waals surface area contributed by atoms with Gasteiger partial charge in [0.1, 0.15) is 18.4 Å². The van der Waals surface area contributed by atoms with E-state index in [1.165, 1.54) is 19.2 Å². The van der Waals surface area contributed by atoms with Gasteiger partial charge in [-0.25, -0.2) is 4.68 Å². The molecule has 0 spiro atoms. The molecular weight excluding hydrogens is 286 g/mol. The van der Waals surface area contributed by atoms with Crippen LogP contribution < -0.4 is 20.3 Å². The van der Waals surface area contributed by atoms with Gasteiger partial charge in [-0.1, -0.05) is 12.1 Å². The second-order valence-electron chi connectivity index (χ2n) is 4.89. The zero-order chi connectivity index (χ0) is 15.5. The third-order valence-corrected chi connectivity index (χ3v) is 3.25. The van der Waals surface area contributed by atoms with Gasteiger partial charge < -0.3 is 14.8 Å². The lowest BCUT2D eigenvalue weighted by Crippen LogP contribution is -2.41. The Kier molecular flexibility index (Phi) is 3.78. The number of hydrogen-bond acceptors (Lipinski definition) is 5. The van der Waals surface area contributed by atoms with E-state index in [1.54, 1.807) is 0 Å². The molecule has 0 fully saturated rings. The summed E-state index contributed by atoms with van der Waals surface area (Å²) < 4.78 is 12.4. The van der Waals surface area contributed by atoms with Crippen molar-refractivity contribution < 1.29 is 14.3 Å². The summed E-state index contributed by atoms with van der Waals surface area (Å²) in [7, 11) is 1.49. The highest BCUT2D eigenvalue weighted by Crippen LogP contribution is 2.30. The van der Waals surface area contributed by atoms with E-state index in [0.717, 1.165) is 4.68 Å². The van der Waals surface area contributed by atoms with Crippen molar-refractivity contribution in [3.8, 4) is 11.5 Å². The van der Waals surface area contributed by atoms with Gasteiger partial charge in [-0.15, -0.1) is 0 Å². The average molecular weight is 301 g/mol. The first-order chi connectivity index (χ1) is 10.6. The Morgan fingerprint density at radius 2 is 2.09 bits per heavy atom. The number of hydrogen-bond donors (Lipinski definition) is 1. The maximum Gasteiger partial charge on any atom is 0.271 e. The number of carbonyl (C=O) groups is 1. The van der Waals surface area contributed by atoms with Crippen LogP contribution in [0.5, 0.6) is 11.5 Å². The molecule has 1 atom stereocenters. The standard InChI is InChI=1S/C15H15N3O4/c1-18-14(19)7-6-11(17-18)15(20)16-8-10-9-21-12-4-2-3-5-13(12)22-10/h2-7,10H,8-9H2,1H3,(H,16,20)/t10-/m1/s1. The lowest BCUT2D eigenvalue weighted by Gasteiger charge is -2.26. The first-order valence-corrected chi connectivity index (χ1v) is 6.84. The van der Waals surface area contributed by atoms with Crippen molar-refractivity contribution in [3.63, 3.8) is 0 Å². The SMILES string of the molecule is Cn1nc(C(=O)NC[C@@H]2COc3ccccc3O2)ccc1=O. The first kappa shape index (κ1) is 14.1. The summed E-state index contributed by atoms with van der Waals surface area (Å²) >= 11 is 0. The molecule has 2 heterocycles. The van der Waals surface area contributed by atoms with E-state index >= 15 is 0 Å². The second kappa shape index (κ2) is 5.88. The van der Waals surface area contributed by atoms with Gasteiger partial charge in [-0.2, -0.15) is 5.10 Å². The Bertz CT molecular complexity index is 756. The summed E-state index contributed by atoms with van der Waals surface area (Å²) in [6.45, 7) is 0.648. The summed E-state index contributed by atoms with van der Waals surface area (Å²) in [5.74, 6) is 0.996. The van der Waals surface area contributed by atoms with Crippen molar-refractivity contribution in [2.75, 3.05) is 13.2 Å². The fraction of sp³-hybridized carbons (Fsp3) is 0.267. The average Bonchev–Trinajstić information content (AvgIpc) is 2.55. The monoisotopic (exact) mass is 301 g/mol. The Morgan fingerprint density at radius 1 is 1.32 bits per heavy atom. The van der Waals surface area contributed by atoms with Crippen LogP contribution in [0.25, 0.3) is 0 Å². The minimum atomic E-state index is -0.363.